The highest BCUT2D eigenvalue weighted by atomic mass is 35.5. The highest BCUT2D eigenvalue weighted by Gasteiger charge is 2.70. The van der Waals surface area contributed by atoms with Crippen LogP contribution in [0.1, 0.15) is 47.2 Å². The molecule has 1 N–H and O–H groups in total. The third kappa shape index (κ3) is 4.55. The molecule has 0 radical (unpaired) electrons. The lowest BCUT2D eigenvalue weighted by atomic mass is 9.49. The molecule has 4 amide bonds. The second-order valence-corrected chi connectivity index (χ2v) is 14.3. The summed E-state index contributed by atoms with van der Waals surface area (Å²) >= 11 is 12.9. The van der Waals surface area contributed by atoms with E-state index in [4.69, 9.17) is 23.2 Å². The van der Waals surface area contributed by atoms with Crippen molar-refractivity contribution < 1.29 is 29.1 Å². The number of ketones is 1. The minimum Gasteiger partial charge on any atom is -0.508 e. The fourth-order valence-corrected chi connectivity index (χ4v) is 9.31. The van der Waals surface area contributed by atoms with E-state index in [0.29, 0.717) is 43.7 Å². The molecule has 2 heterocycles. The number of nitrogens with zero attached hydrogens (tertiary/aromatic N) is 2. The Morgan fingerprint density at radius 1 is 0.760 bits per heavy atom. The topological polar surface area (TPSA) is 112 Å². The quantitative estimate of drug-likeness (QED) is 0.133. The van der Waals surface area contributed by atoms with Gasteiger partial charge in [-0.25, -0.2) is 4.90 Å². The Kier molecular flexibility index (Phi) is 7.58. The first-order chi connectivity index (χ1) is 24.0. The molecule has 8 rings (SSSR count). The molecule has 4 aliphatic rings. The number of rotatable bonds is 5. The summed E-state index contributed by atoms with van der Waals surface area (Å²) in [7, 11) is 0. The molecule has 10 heteroatoms. The normalized spacial score (nSPS) is 27.2. The number of allylic oxidation sites excluding steroid dienone is 2. The number of phenols is 1. The fourth-order valence-electron chi connectivity index (χ4n) is 8.94. The number of benzene rings is 4. The Balaban J connectivity index is 1.34. The molecule has 4 aromatic carbocycles. The number of fused-ring (bicyclic) bond motifs is 4. The number of hydrogen-bond donors (Lipinski definition) is 1. The van der Waals surface area contributed by atoms with Gasteiger partial charge in [-0.05, 0) is 91.9 Å². The minimum absolute atomic E-state index is 0.109. The smallest absolute Gasteiger partial charge is 0.246 e. The zero-order valence-electron chi connectivity index (χ0n) is 26.8. The first kappa shape index (κ1) is 32.2. The molecule has 2 saturated heterocycles. The van der Waals surface area contributed by atoms with Crippen molar-refractivity contribution in [3.8, 4) is 5.75 Å². The number of aromatic hydroxyl groups is 1. The Morgan fingerprint density at radius 2 is 1.48 bits per heavy atom. The van der Waals surface area contributed by atoms with E-state index in [0.717, 1.165) is 0 Å². The maximum absolute atomic E-state index is 15.3. The van der Waals surface area contributed by atoms with Crippen LogP contribution in [-0.4, -0.2) is 34.5 Å². The Morgan fingerprint density at radius 3 is 2.18 bits per heavy atom. The maximum atomic E-state index is 15.3. The monoisotopic (exact) mass is 704 g/mol. The molecule has 2 aliphatic heterocycles. The van der Waals surface area contributed by atoms with Crippen LogP contribution < -0.4 is 9.80 Å². The predicted molar refractivity (Wildman–Crippen MR) is 188 cm³/mol. The molecule has 2 aliphatic carbocycles. The van der Waals surface area contributed by atoms with Gasteiger partial charge in [0.15, 0.2) is 5.78 Å². The largest absolute Gasteiger partial charge is 0.508 e. The van der Waals surface area contributed by atoms with Crippen LogP contribution in [0.5, 0.6) is 5.75 Å². The summed E-state index contributed by atoms with van der Waals surface area (Å²) < 4.78 is 0. The van der Waals surface area contributed by atoms with Crippen molar-refractivity contribution in [3.05, 3.63) is 135 Å². The van der Waals surface area contributed by atoms with Gasteiger partial charge in [-0.1, -0.05) is 71.2 Å². The van der Waals surface area contributed by atoms with E-state index in [2.05, 4.69) is 0 Å². The zero-order valence-corrected chi connectivity index (χ0v) is 28.3. The van der Waals surface area contributed by atoms with Gasteiger partial charge in [0.1, 0.15) is 5.75 Å². The van der Waals surface area contributed by atoms with Crippen molar-refractivity contribution in [3.63, 3.8) is 0 Å². The number of carbonyl (C=O) groups excluding carboxylic acids is 5. The van der Waals surface area contributed by atoms with E-state index in [-0.39, 0.29) is 30.3 Å². The second-order valence-electron chi connectivity index (χ2n) is 13.4. The van der Waals surface area contributed by atoms with Crippen molar-refractivity contribution in [1.29, 1.82) is 0 Å². The van der Waals surface area contributed by atoms with Crippen molar-refractivity contribution in [2.75, 3.05) is 9.80 Å². The Bertz CT molecular complexity index is 2170. The predicted octanol–water partition coefficient (Wildman–Crippen LogP) is 7.27. The minimum atomic E-state index is -1.54. The third-order valence-electron chi connectivity index (χ3n) is 11.0. The number of halogens is 2. The van der Waals surface area contributed by atoms with E-state index in [9.17, 15) is 24.3 Å². The summed E-state index contributed by atoms with van der Waals surface area (Å²) in [5.74, 6) is -5.98. The average Bonchev–Trinajstić information content (AvgIpc) is 3.50. The van der Waals surface area contributed by atoms with Gasteiger partial charge in [0.2, 0.25) is 23.6 Å². The number of phenolic OH excluding ortho intramolecular Hbond substituents is 1. The lowest BCUT2D eigenvalue weighted by Gasteiger charge is -2.50. The zero-order chi connectivity index (χ0) is 35.1. The fraction of sp³-hybridized carbons (Fsp3) is 0.225. The van der Waals surface area contributed by atoms with Crippen LogP contribution in [0, 0.1) is 23.7 Å². The van der Waals surface area contributed by atoms with E-state index in [1.165, 1.54) is 22.8 Å². The van der Waals surface area contributed by atoms with Gasteiger partial charge in [-0.2, -0.15) is 0 Å². The van der Waals surface area contributed by atoms with Gasteiger partial charge in [0.05, 0.1) is 34.5 Å². The molecule has 250 valence electrons. The summed E-state index contributed by atoms with van der Waals surface area (Å²) in [6.45, 7) is 1.44. The van der Waals surface area contributed by atoms with E-state index >= 15 is 4.79 Å². The third-order valence-corrected chi connectivity index (χ3v) is 11.5. The molecule has 6 atom stereocenters. The summed E-state index contributed by atoms with van der Waals surface area (Å²) in [6, 6.07) is 26.6. The molecular formula is C40H30Cl2N2O6. The molecule has 4 aromatic rings. The van der Waals surface area contributed by atoms with Crippen LogP contribution in [0.3, 0.4) is 0 Å². The van der Waals surface area contributed by atoms with Crippen LogP contribution in [0.15, 0.2) is 109 Å². The van der Waals surface area contributed by atoms with Crippen LogP contribution in [0.25, 0.3) is 0 Å². The standard InChI is InChI=1S/C40H30Cl2N2O6/c1-21(45)22-10-13-26(14-11-22)43-36(47)29-16-15-28-30(34(29)38(43)49)20-32-37(48)44(27-9-5-8-24(41)18-27)39(50)40(32,23-6-3-2-4-7-23)35(28)31-19-25(42)12-17-33(31)46/h2-15,17-19,29-30,32,34-35,46H,16,20H2,1H3/t29-,30+,32-,34-,35+,40+/m0/s1. The first-order valence-corrected chi connectivity index (χ1v) is 17.2. The van der Waals surface area contributed by atoms with E-state index < -0.39 is 52.7 Å². The molecule has 0 spiro atoms. The van der Waals surface area contributed by atoms with Gasteiger partial charge < -0.3 is 5.11 Å². The lowest BCUT2D eigenvalue weighted by molar-refractivity contribution is -0.127. The molecule has 0 unspecified atom stereocenters. The van der Waals surface area contributed by atoms with Crippen LogP contribution in [0.4, 0.5) is 11.4 Å². The van der Waals surface area contributed by atoms with Gasteiger partial charge in [0.25, 0.3) is 0 Å². The van der Waals surface area contributed by atoms with E-state index in [1.807, 2.05) is 36.4 Å². The van der Waals surface area contributed by atoms with Crippen LogP contribution >= 0.6 is 23.2 Å². The summed E-state index contributed by atoms with van der Waals surface area (Å²) in [5, 5.41) is 12.2. The molecule has 0 bridgehead atoms. The number of imide groups is 2. The SMILES string of the molecule is CC(=O)c1ccc(N2C(=O)[C@H]3[C@H](CC=C4[C@H]3C[C@H]3C(=O)N(c5cccc(Cl)c5)C(=O)[C@@]3(c3ccccc3)[C@H]4c3cc(Cl)ccc3O)C2=O)cc1. The highest BCUT2D eigenvalue weighted by Crippen LogP contribution is 2.65. The van der Waals surface area contributed by atoms with Crippen molar-refractivity contribution in [2.24, 2.45) is 23.7 Å². The maximum Gasteiger partial charge on any atom is 0.246 e. The molecule has 0 aromatic heterocycles. The van der Waals surface area contributed by atoms with Crippen LogP contribution in [-0.2, 0) is 24.6 Å². The summed E-state index contributed by atoms with van der Waals surface area (Å²) in [6.07, 6.45) is 2.25. The highest BCUT2D eigenvalue weighted by molar-refractivity contribution is 6.32. The molecule has 50 heavy (non-hydrogen) atoms. The number of Topliss-reactive ketones (excluding diaryl/α,β-unsaturated/α-hetero) is 1. The van der Waals surface area contributed by atoms with Gasteiger partial charge in [-0.15, -0.1) is 0 Å². The summed E-state index contributed by atoms with van der Waals surface area (Å²) in [5.41, 5.74) is 1.23. The number of carbonyl (C=O) groups is 5. The van der Waals surface area contributed by atoms with Crippen LogP contribution in [0.2, 0.25) is 10.0 Å². The number of anilines is 2. The van der Waals surface area contributed by atoms with Gasteiger partial charge >= 0.3 is 0 Å². The lowest BCUT2D eigenvalue weighted by Crippen LogP contribution is -2.53. The van der Waals surface area contributed by atoms with Gasteiger partial charge in [0, 0.05) is 27.1 Å². The Hall–Kier alpha value is -5.05. The molecule has 3 fully saturated rings. The molecule has 1 saturated carbocycles. The van der Waals surface area contributed by atoms with Crippen molar-refractivity contribution in [2.45, 2.75) is 31.1 Å². The molecule has 8 nitrogen and oxygen atoms in total. The second kappa shape index (κ2) is 11.8. The molecular weight excluding hydrogens is 675 g/mol. The number of hydrogen-bond acceptors (Lipinski definition) is 6. The van der Waals surface area contributed by atoms with Crippen molar-refractivity contribution in [1.82, 2.24) is 0 Å². The Labute approximate surface area is 297 Å². The number of amides is 4. The van der Waals surface area contributed by atoms with Gasteiger partial charge in [-0.3, -0.25) is 28.9 Å². The van der Waals surface area contributed by atoms with E-state index in [1.54, 1.807) is 60.7 Å². The summed E-state index contributed by atoms with van der Waals surface area (Å²) in [4.78, 5) is 72.8. The first-order valence-electron chi connectivity index (χ1n) is 16.4. The average molecular weight is 706 g/mol. The van der Waals surface area contributed by atoms with Crippen molar-refractivity contribution >= 4 is 64.0 Å².